The van der Waals surface area contributed by atoms with Crippen molar-refractivity contribution in [3.05, 3.63) is 29.3 Å². The number of halogens is 4. The predicted molar refractivity (Wildman–Crippen MR) is 89.7 cm³/mol. The van der Waals surface area contributed by atoms with E-state index in [4.69, 9.17) is 0 Å². The highest BCUT2D eigenvalue weighted by Crippen LogP contribution is 2.26. The van der Waals surface area contributed by atoms with Gasteiger partial charge in [0.05, 0.1) is 24.3 Å². The molecule has 0 saturated heterocycles. The molecule has 7 nitrogen and oxygen atoms in total. The Morgan fingerprint density at radius 3 is 2.44 bits per heavy atom. The number of carbonyl (C=O) groups excluding carboxylic acids is 1. The van der Waals surface area contributed by atoms with Gasteiger partial charge in [0, 0.05) is 13.0 Å². The Kier molecular flexibility index (Phi) is 8.62. The lowest BCUT2D eigenvalue weighted by Crippen LogP contribution is -2.29. The Labute approximate surface area is 155 Å². The van der Waals surface area contributed by atoms with Crippen LogP contribution in [0.5, 0.6) is 0 Å². The summed E-state index contributed by atoms with van der Waals surface area (Å²) in [6, 6.07) is 1.49. The van der Waals surface area contributed by atoms with E-state index in [9.17, 15) is 39.5 Å². The SMILES string of the molecule is COC(=O)c1c(F)ccc(N(CCCS(=O)(=O)CCC(F)F)S(=O)O)c1F. The third kappa shape index (κ3) is 6.74. The van der Waals surface area contributed by atoms with Gasteiger partial charge in [-0.2, -0.15) is 0 Å². The Balaban J connectivity index is 2.98. The van der Waals surface area contributed by atoms with E-state index in [1.165, 1.54) is 0 Å². The van der Waals surface area contributed by atoms with E-state index in [1.807, 2.05) is 0 Å². The van der Waals surface area contributed by atoms with E-state index in [0.717, 1.165) is 13.2 Å². The topological polar surface area (TPSA) is 101 Å². The zero-order valence-corrected chi connectivity index (χ0v) is 15.7. The quantitative estimate of drug-likeness (QED) is 0.343. The molecule has 1 N–H and O–H groups in total. The van der Waals surface area contributed by atoms with Crippen molar-refractivity contribution < 1.29 is 44.3 Å². The Bertz CT molecular complexity index is 803. The van der Waals surface area contributed by atoms with E-state index in [0.29, 0.717) is 10.4 Å². The summed E-state index contributed by atoms with van der Waals surface area (Å²) >= 11 is -2.83. The summed E-state index contributed by atoms with van der Waals surface area (Å²) in [4.78, 5) is 11.5. The van der Waals surface area contributed by atoms with Crippen LogP contribution in [0.2, 0.25) is 0 Å². The van der Waals surface area contributed by atoms with Gasteiger partial charge in [0.15, 0.2) is 15.7 Å². The van der Waals surface area contributed by atoms with Crippen molar-refractivity contribution in [2.75, 3.05) is 29.5 Å². The molecular formula is C14H17F4NO6S2. The van der Waals surface area contributed by atoms with Gasteiger partial charge in [-0.15, -0.1) is 0 Å². The Morgan fingerprint density at radius 1 is 1.30 bits per heavy atom. The average Bonchev–Trinajstić information content (AvgIpc) is 2.57. The summed E-state index contributed by atoms with van der Waals surface area (Å²) in [6.07, 6.45) is -3.92. The summed E-state index contributed by atoms with van der Waals surface area (Å²) in [6.45, 7) is -0.472. The smallest absolute Gasteiger partial charge is 0.343 e. The molecule has 0 radical (unpaired) electrons. The fraction of sp³-hybridized carbons (Fsp3) is 0.500. The molecule has 0 aromatic heterocycles. The molecule has 0 aliphatic carbocycles. The average molecular weight is 435 g/mol. The number of carbonyl (C=O) groups is 1. The molecule has 1 aromatic carbocycles. The van der Waals surface area contributed by atoms with E-state index >= 15 is 0 Å². The maximum atomic E-state index is 14.4. The highest BCUT2D eigenvalue weighted by atomic mass is 32.2. The molecule has 0 spiro atoms. The number of rotatable bonds is 10. The van der Waals surface area contributed by atoms with E-state index in [1.54, 1.807) is 0 Å². The van der Waals surface area contributed by atoms with Crippen molar-refractivity contribution in [2.45, 2.75) is 19.3 Å². The van der Waals surface area contributed by atoms with Gasteiger partial charge in [-0.25, -0.2) is 35.0 Å². The number of ether oxygens (including phenoxy) is 1. The molecule has 1 aromatic rings. The van der Waals surface area contributed by atoms with Crippen LogP contribution in [0.4, 0.5) is 23.2 Å². The lowest BCUT2D eigenvalue weighted by molar-refractivity contribution is 0.0590. The summed E-state index contributed by atoms with van der Waals surface area (Å²) in [5.74, 6) is -5.39. The Morgan fingerprint density at radius 2 is 1.93 bits per heavy atom. The van der Waals surface area contributed by atoms with Crippen LogP contribution in [-0.2, 0) is 25.8 Å². The van der Waals surface area contributed by atoms with Crippen LogP contribution in [0.25, 0.3) is 0 Å². The molecule has 0 saturated carbocycles. The van der Waals surface area contributed by atoms with Gasteiger partial charge < -0.3 is 4.74 Å². The second-order valence-electron chi connectivity index (χ2n) is 5.27. The highest BCUT2D eigenvalue weighted by molar-refractivity contribution is 7.91. The van der Waals surface area contributed by atoms with Crippen LogP contribution in [-0.4, -0.2) is 54.7 Å². The molecule has 27 heavy (non-hydrogen) atoms. The molecule has 0 amide bonds. The van der Waals surface area contributed by atoms with Crippen molar-refractivity contribution in [3.63, 3.8) is 0 Å². The standard InChI is InChI=1S/C14H17F4NO6S2/c1-25-14(20)12-9(15)3-4-10(13(12)18)19(26(21)22)6-2-7-27(23,24)8-5-11(16)17/h3-4,11H,2,5-8H2,1H3,(H,21,22). The monoisotopic (exact) mass is 435 g/mol. The number of anilines is 1. The second-order valence-corrected chi connectivity index (χ2v) is 8.47. The molecule has 1 unspecified atom stereocenters. The highest BCUT2D eigenvalue weighted by Gasteiger charge is 2.26. The zero-order chi connectivity index (χ0) is 20.8. The minimum Gasteiger partial charge on any atom is -0.465 e. The minimum absolute atomic E-state index is 0.289. The van der Waals surface area contributed by atoms with Crippen LogP contribution in [0.3, 0.4) is 0 Å². The first-order chi connectivity index (χ1) is 12.5. The van der Waals surface area contributed by atoms with Crippen molar-refractivity contribution >= 4 is 32.8 Å². The molecule has 13 heteroatoms. The normalized spacial score (nSPS) is 12.9. The maximum Gasteiger partial charge on any atom is 0.343 e. The maximum absolute atomic E-state index is 14.4. The van der Waals surface area contributed by atoms with Gasteiger partial charge in [0.2, 0.25) is 6.43 Å². The first-order valence-electron chi connectivity index (χ1n) is 7.43. The fourth-order valence-corrected chi connectivity index (χ4v) is 4.01. The molecular weight excluding hydrogens is 418 g/mol. The molecule has 154 valence electrons. The molecule has 0 aliphatic heterocycles. The van der Waals surface area contributed by atoms with Gasteiger partial charge in [0.25, 0.3) is 11.3 Å². The minimum atomic E-state index is -3.84. The number of nitrogens with zero attached hydrogens (tertiary/aromatic N) is 1. The molecule has 1 rings (SSSR count). The summed E-state index contributed by atoms with van der Waals surface area (Å²) in [5.41, 5.74) is -1.70. The first-order valence-corrected chi connectivity index (χ1v) is 10.3. The Hall–Kier alpha value is -1.73. The third-order valence-corrected chi connectivity index (χ3v) is 5.91. The molecule has 1 atom stereocenters. The van der Waals surface area contributed by atoms with Crippen LogP contribution in [0, 0.1) is 11.6 Å². The van der Waals surface area contributed by atoms with Crippen molar-refractivity contribution in [1.82, 2.24) is 0 Å². The van der Waals surface area contributed by atoms with Crippen LogP contribution >= 0.6 is 0 Å². The van der Waals surface area contributed by atoms with Gasteiger partial charge in [-0.1, -0.05) is 0 Å². The van der Waals surface area contributed by atoms with Gasteiger partial charge >= 0.3 is 5.97 Å². The fourth-order valence-electron chi connectivity index (χ4n) is 2.10. The van der Waals surface area contributed by atoms with Crippen LogP contribution < -0.4 is 4.31 Å². The predicted octanol–water partition coefficient (Wildman–Crippen LogP) is 2.15. The number of alkyl halides is 2. The molecule has 0 aliphatic rings. The summed E-state index contributed by atoms with van der Waals surface area (Å²) in [7, 11) is -2.95. The van der Waals surface area contributed by atoms with Crippen LogP contribution in [0.15, 0.2) is 12.1 Å². The number of benzene rings is 1. The molecule has 0 bridgehead atoms. The van der Waals surface area contributed by atoms with Crippen molar-refractivity contribution in [1.29, 1.82) is 0 Å². The van der Waals surface area contributed by atoms with E-state index in [2.05, 4.69) is 4.74 Å². The van der Waals surface area contributed by atoms with Gasteiger partial charge in [-0.3, -0.25) is 8.86 Å². The molecule has 0 fully saturated rings. The molecule has 0 heterocycles. The van der Waals surface area contributed by atoms with E-state index in [-0.39, 0.29) is 6.42 Å². The van der Waals surface area contributed by atoms with Crippen LogP contribution in [0.1, 0.15) is 23.2 Å². The number of sulfone groups is 1. The van der Waals surface area contributed by atoms with Crippen molar-refractivity contribution in [3.8, 4) is 0 Å². The lowest BCUT2D eigenvalue weighted by atomic mass is 10.1. The number of hydrogen-bond acceptors (Lipinski definition) is 5. The third-order valence-electron chi connectivity index (χ3n) is 3.38. The number of methoxy groups -OCH3 is 1. The summed E-state index contributed by atoms with van der Waals surface area (Å²) < 4.78 is 101. The van der Waals surface area contributed by atoms with E-state index < -0.39 is 80.9 Å². The lowest BCUT2D eigenvalue weighted by Gasteiger charge is -2.21. The largest absolute Gasteiger partial charge is 0.465 e. The van der Waals surface area contributed by atoms with Gasteiger partial charge in [-0.05, 0) is 18.6 Å². The summed E-state index contributed by atoms with van der Waals surface area (Å²) in [5, 5.41) is 0. The second kappa shape index (κ2) is 9.99. The number of esters is 1. The zero-order valence-electron chi connectivity index (χ0n) is 14.0. The van der Waals surface area contributed by atoms with Crippen molar-refractivity contribution in [2.24, 2.45) is 0 Å². The number of hydrogen-bond donors (Lipinski definition) is 1. The first kappa shape index (κ1) is 23.3. The van der Waals surface area contributed by atoms with Gasteiger partial charge in [0.1, 0.15) is 11.4 Å².